The van der Waals surface area contributed by atoms with Crippen LogP contribution in [0.25, 0.3) is 0 Å². The Labute approximate surface area is 167 Å². The number of allylic oxidation sites excluding steroid dienone is 2. The van der Waals surface area contributed by atoms with Crippen molar-refractivity contribution < 1.29 is 9.59 Å². The number of unbranched alkanes of at least 4 members (excludes halogenated alkanes) is 14. The van der Waals surface area contributed by atoms with Crippen LogP contribution in [0.4, 0.5) is 0 Å². The third kappa shape index (κ3) is 12.6. The molecule has 1 heterocycles. The first-order valence-corrected chi connectivity index (χ1v) is 11.4. The highest BCUT2D eigenvalue weighted by Crippen LogP contribution is 2.12. The van der Waals surface area contributed by atoms with E-state index in [1.807, 2.05) is 0 Å². The average Bonchev–Trinajstić information content (AvgIpc) is 2.99. The van der Waals surface area contributed by atoms with Crippen LogP contribution in [0, 0.1) is 0 Å². The molecule has 0 bridgehead atoms. The van der Waals surface area contributed by atoms with Crippen molar-refractivity contribution in [3.63, 3.8) is 0 Å². The van der Waals surface area contributed by atoms with Gasteiger partial charge in [0.05, 0.1) is 0 Å². The minimum Gasteiger partial charge on any atom is -0.275 e. The van der Waals surface area contributed by atoms with Gasteiger partial charge in [0.1, 0.15) is 0 Å². The molecule has 0 aromatic carbocycles. The van der Waals surface area contributed by atoms with Crippen LogP contribution in [0.5, 0.6) is 0 Å². The Bertz CT molecular complexity index is 435. The molecule has 3 nitrogen and oxygen atoms in total. The van der Waals surface area contributed by atoms with Gasteiger partial charge in [0.25, 0.3) is 11.8 Å². The first-order valence-electron chi connectivity index (χ1n) is 11.4. The first-order chi connectivity index (χ1) is 13.3. The van der Waals surface area contributed by atoms with Crippen LogP contribution in [0.2, 0.25) is 0 Å². The Kier molecular flexibility index (Phi) is 14.7. The summed E-state index contributed by atoms with van der Waals surface area (Å²) in [4.78, 5) is 24.2. The smallest absolute Gasteiger partial charge is 0.253 e. The van der Waals surface area contributed by atoms with E-state index < -0.39 is 0 Å². The molecule has 27 heavy (non-hydrogen) atoms. The lowest BCUT2D eigenvalue weighted by molar-refractivity contribution is -0.136. The Morgan fingerprint density at radius 1 is 0.630 bits per heavy atom. The number of rotatable bonds is 18. The van der Waals surface area contributed by atoms with Gasteiger partial charge in [-0.1, -0.05) is 89.7 Å². The van der Waals surface area contributed by atoms with Gasteiger partial charge in [0, 0.05) is 18.7 Å². The second kappa shape index (κ2) is 16.8. The lowest BCUT2D eigenvalue weighted by Gasteiger charge is -2.12. The zero-order valence-corrected chi connectivity index (χ0v) is 17.6. The van der Waals surface area contributed by atoms with Crippen molar-refractivity contribution in [2.75, 3.05) is 6.54 Å². The minimum atomic E-state index is -0.155. The van der Waals surface area contributed by atoms with E-state index >= 15 is 0 Å². The molecule has 1 aliphatic heterocycles. The highest BCUT2D eigenvalue weighted by atomic mass is 16.2. The van der Waals surface area contributed by atoms with E-state index in [1.54, 1.807) is 0 Å². The van der Waals surface area contributed by atoms with Gasteiger partial charge in [-0.15, -0.1) is 0 Å². The monoisotopic (exact) mass is 375 g/mol. The van der Waals surface area contributed by atoms with Crippen molar-refractivity contribution in [2.24, 2.45) is 0 Å². The third-order valence-electron chi connectivity index (χ3n) is 5.29. The number of carbonyl (C=O) groups excluding carboxylic acids is 2. The van der Waals surface area contributed by atoms with E-state index in [4.69, 9.17) is 0 Å². The van der Waals surface area contributed by atoms with Gasteiger partial charge in [-0.05, 0) is 32.1 Å². The highest BCUT2D eigenvalue weighted by Gasteiger charge is 2.21. The number of hydrogen-bond donors (Lipinski definition) is 0. The molecule has 1 aliphatic rings. The highest BCUT2D eigenvalue weighted by molar-refractivity contribution is 6.12. The quantitative estimate of drug-likeness (QED) is 0.151. The normalized spacial score (nSPS) is 14.2. The summed E-state index contributed by atoms with van der Waals surface area (Å²) in [6.45, 7) is 2.85. The van der Waals surface area contributed by atoms with Crippen LogP contribution in [-0.2, 0) is 9.59 Å². The van der Waals surface area contributed by atoms with Gasteiger partial charge >= 0.3 is 0 Å². The van der Waals surface area contributed by atoms with Crippen molar-refractivity contribution in [3.8, 4) is 0 Å². The van der Waals surface area contributed by atoms with Crippen molar-refractivity contribution in [1.29, 1.82) is 0 Å². The lowest BCUT2D eigenvalue weighted by atomic mass is 10.1. The fourth-order valence-corrected chi connectivity index (χ4v) is 3.52. The zero-order valence-electron chi connectivity index (χ0n) is 17.6. The van der Waals surface area contributed by atoms with E-state index in [0.29, 0.717) is 6.54 Å². The summed E-state index contributed by atoms with van der Waals surface area (Å²) in [6, 6.07) is 0. The second-order valence-corrected chi connectivity index (χ2v) is 7.81. The van der Waals surface area contributed by atoms with Gasteiger partial charge in [-0.25, -0.2) is 0 Å². The van der Waals surface area contributed by atoms with Crippen LogP contribution >= 0.6 is 0 Å². The number of nitrogens with zero attached hydrogens (tertiary/aromatic N) is 1. The molecule has 0 unspecified atom stereocenters. The first kappa shape index (κ1) is 23.7. The predicted octanol–water partition coefficient (Wildman–Crippen LogP) is 6.73. The number of imide groups is 1. The van der Waals surface area contributed by atoms with Gasteiger partial charge in [-0.3, -0.25) is 14.5 Å². The molecular formula is C24H41NO2. The largest absolute Gasteiger partial charge is 0.275 e. The van der Waals surface area contributed by atoms with E-state index in [0.717, 1.165) is 12.8 Å². The second-order valence-electron chi connectivity index (χ2n) is 7.81. The summed E-state index contributed by atoms with van der Waals surface area (Å²) in [6.07, 6.45) is 28.1. The maximum atomic E-state index is 11.4. The Morgan fingerprint density at radius 3 is 1.52 bits per heavy atom. The Balaban J connectivity index is 1.77. The zero-order chi connectivity index (χ0) is 19.6. The summed E-state index contributed by atoms with van der Waals surface area (Å²) in [5, 5.41) is 0. The van der Waals surface area contributed by atoms with E-state index in [9.17, 15) is 9.59 Å². The van der Waals surface area contributed by atoms with Crippen LogP contribution in [-0.4, -0.2) is 23.3 Å². The number of amides is 2. The molecule has 0 fully saturated rings. The molecule has 3 heteroatoms. The number of hydrogen-bond acceptors (Lipinski definition) is 2. The molecule has 0 aromatic heterocycles. The molecule has 1 rings (SSSR count). The topological polar surface area (TPSA) is 37.4 Å². The molecule has 0 atom stereocenters. The summed E-state index contributed by atoms with van der Waals surface area (Å²) < 4.78 is 0. The molecule has 0 spiro atoms. The van der Waals surface area contributed by atoms with Gasteiger partial charge in [-0.2, -0.15) is 0 Å². The van der Waals surface area contributed by atoms with Gasteiger partial charge < -0.3 is 0 Å². The van der Waals surface area contributed by atoms with Crippen LogP contribution < -0.4 is 0 Å². The number of carbonyl (C=O) groups is 2. The van der Waals surface area contributed by atoms with E-state index in [1.165, 1.54) is 107 Å². The SMILES string of the molecule is CCCCCCCCCCC/C=C/CCCCCCCN1C(=O)C=CC1=O. The molecular weight excluding hydrogens is 334 g/mol. The summed E-state index contributed by atoms with van der Waals surface area (Å²) >= 11 is 0. The van der Waals surface area contributed by atoms with Crippen LogP contribution in [0.15, 0.2) is 24.3 Å². The van der Waals surface area contributed by atoms with Crippen molar-refractivity contribution in [2.45, 2.75) is 110 Å². The average molecular weight is 376 g/mol. The van der Waals surface area contributed by atoms with Crippen LogP contribution in [0.3, 0.4) is 0 Å². The van der Waals surface area contributed by atoms with Gasteiger partial charge in [0.15, 0.2) is 0 Å². The maximum absolute atomic E-state index is 11.4. The molecule has 154 valence electrons. The molecule has 0 aromatic rings. The standard InChI is InChI=1S/C24H41NO2/c1-2-3-4-5-6-7-8-9-10-11-12-13-14-15-16-17-18-19-22-25-23(26)20-21-24(25)27/h12-13,20-21H,2-11,14-19,22H2,1H3/b13-12+. The van der Waals surface area contributed by atoms with Crippen molar-refractivity contribution in [3.05, 3.63) is 24.3 Å². The molecule has 0 saturated heterocycles. The molecule has 0 radical (unpaired) electrons. The maximum Gasteiger partial charge on any atom is 0.253 e. The fraction of sp³-hybridized carbons (Fsp3) is 0.750. The predicted molar refractivity (Wildman–Crippen MR) is 115 cm³/mol. The van der Waals surface area contributed by atoms with Crippen molar-refractivity contribution >= 4 is 11.8 Å². The fourth-order valence-electron chi connectivity index (χ4n) is 3.52. The Morgan fingerprint density at radius 2 is 1.04 bits per heavy atom. The summed E-state index contributed by atoms with van der Waals surface area (Å²) in [5.74, 6) is -0.311. The molecule has 0 aliphatic carbocycles. The third-order valence-corrected chi connectivity index (χ3v) is 5.29. The molecule has 0 N–H and O–H groups in total. The molecule has 2 amide bonds. The van der Waals surface area contributed by atoms with E-state index in [2.05, 4.69) is 19.1 Å². The Hall–Kier alpha value is -1.38. The van der Waals surface area contributed by atoms with E-state index in [-0.39, 0.29) is 11.8 Å². The van der Waals surface area contributed by atoms with Crippen molar-refractivity contribution in [1.82, 2.24) is 4.90 Å². The summed E-state index contributed by atoms with van der Waals surface area (Å²) in [7, 11) is 0. The molecule has 0 saturated carbocycles. The summed E-state index contributed by atoms with van der Waals surface area (Å²) in [5.41, 5.74) is 0. The van der Waals surface area contributed by atoms with Crippen LogP contribution in [0.1, 0.15) is 110 Å². The minimum absolute atomic E-state index is 0.155. The lowest BCUT2D eigenvalue weighted by Crippen LogP contribution is -2.30. The van der Waals surface area contributed by atoms with Gasteiger partial charge in [0.2, 0.25) is 0 Å².